The molecule has 5 heteroatoms. The van der Waals surface area contributed by atoms with E-state index in [1.807, 2.05) is 13.8 Å². The summed E-state index contributed by atoms with van der Waals surface area (Å²) < 4.78 is 31.2. The summed E-state index contributed by atoms with van der Waals surface area (Å²) in [6.07, 6.45) is 0.805. The van der Waals surface area contributed by atoms with Gasteiger partial charge in [0.05, 0.1) is 12.4 Å². The fourth-order valence-electron chi connectivity index (χ4n) is 1.38. The first kappa shape index (κ1) is 17.7. The van der Waals surface area contributed by atoms with E-state index in [9.17, 15) is 13.6 Å². The summed E-state index contributed by atoms with van der Waals surface area (Å²) in [5.74, 6) is -1.64. The zero-order chi connectivity index (χ0) is 14.0. The van der Waals surface area contributed by atoms with E-state index in [0.29, 0.717) is 31.1 Å². The predicted molar refractivity (Wildman–Crippen MR) is 72.2 cm³/mol. The first-order valence-electron chi connectivity index (χ1n) is 6.48. The van der Waals surface area contributed by atoms with Crippen LogP contribution in [0.2, 0.25) is 0 Å². The molecule has 0 fully saturated rings. The first-order chi connectivity index (χ1) is 8.37. The van der Waals surface area contributed by atoms with E-state index in [1.54, 1.807) is 6.92 Å². The number of thioether (sulfide) groups is 1. The quantitative estimate of drug-likeness (QED) is 0.445. The molecule has 0 radical (unpaired) electrons. The van der Waals surface area contributed by atoms with Crippen molar-refractivity contribution in [2.75, 3.05) is 18.1 Å². The van der Waals surface area contributed by atoms with Gasteiger partial charge in [-0.15, -0.1) is 0 Å². The number of rotatable bonds is 10. The number of hydrogen-bond donors (Lipinski definition) is 0. The Morgan fingerprint density at radius 3 is 2.56 bits per heavy atom. The molecule has 0 spiro atoms. The molecule has 0 bridgehead atoms. The molecule has 0 aliphatic rings. The third-order valence-electron chi connectivity index (χ3n) is 2.24. The summed E-state index contributed by atoms with van der Waals surface area (Å²) in [5, 5.41) is 0. The highest BCUT2D eigenvalue weighted by Crippen LogP contribution is 2.26. The highest BCUT2D eigenvalue weighted by Gasteiger charge is 2.26. The van der Waals surface area contributed by atoms with Crippen LogP contribution in [0.4, 0.5) is 8.78 Å². The number of esters is 1. The number of carbonyl (C=O) groups is 1. The van der Waals surface area contributed by atoms with Crippen LogP contribution in [-0.2, 0) is 9.53 Å². The summed E-state index contributed by atoms with van der Waals surface area (Å²) in [6, 6.07) is 0. The second kappa shape index (κ2) is 9.59. The van der Waals surface area contributed by atoms with E-state index in [2.05, 4.69) is 0 Å². The van der Waals surface area contributed by atoms with Crippen molar-refractivity contribution in [2.24, 2.45) is 5.92 Å². The average molecular weight is 282 g/mol. The molecule has 18 heavy (non-hydrogen) atoms. The number of carbonyl (C=O) groups excluding carboxylic acids is 1. The summed E-state index contributed by atoms with van der Waals surface area (Å²) in [4.78, 5) is 11.2. The van der Waals surface area contributed by atoms with Crippen molar-refractivity contribution in [1.82, 2.24) is 0 Å². The number of hydrogen-bond acceptors (Lipinski definition) is 3. The highest BCUT2D eigenvalue weighted by molar-refractivity contribution is 7.99. The van der Waals surface area contributed by atoms with Gasteiger partial charge in [0.1, 0.15) is 0 Å². The average Bonchev–Trinajstić information content (AvgIpc) is 2.25. The van der Waals surface area contributed by atoms with Gasteiger partial charge in [-0.2, -0.15) is 11.8 Å². The van der Waals surface area contributed by atoms with Gasteiger partial charge >= 0.3 is 5.97 Å². The molecule has 0 heterocycles. The Morgan fingerprint density at radius 1 is 1.33 bits per heavy atom. The van der Waals surface area contributed by atoms with Gasteiger partial charge in [-0.3, -0.25) is 4.79 Å². The van der Waals surface area contributed by atoms with Crippen LogP contribution < -0.4 is 0 Å². The Balaban J connectivity index is 3.48. The summed E-state index contributed by atoms with van der Waals surface area (Å²) >= 11 is 1.36. The lowest BCUT2D eigenvalue weighted by atomic mass is 10.1. The van der Waals surface area contributed by atoms with E-state index >= 15 is 0 Å². The number of ether oxygens (including phenoxy) is 1. The van der Waals surface area contributed by atoms with Gasteiger partial charge in [-0.05, 0) is 18.1 Å². The summed E-state index contributed by atoms with van der Waals surface area (Å²) in [7, 11) is 0. The van der Waals surface area contributed by atoms with Crippen LogP contribution in [0.15, 0.2) is 0 Å². The molecule has 2 nitrogen and oxygen atoms in total. The maximum absolute atomic E-state index is 13.1. The Labute approximate surface area is 113 Å². The second-order valence-electron chi connectivity index (χ2n) is 4.84. The Hall–Kier alpha value is -0.320. The minimum absolute atomic E-state index is 0.0475. The van der Waals surface area contributed by atoms with E-state index in [4.69, 9.17) is 4.74 Å². The van der Waals surface area contributed by atoms with E-state index < -0.39 is 5.92 Å². The fraction of sp³-hybridized carbons (Fsp3) is 0.923. The minimum atomic E-state index is -2.55. The van der Waals surface area contributed by atoms with E-state index in [1.165, 1.54) is 11.8 Å². The van der Waals surface area contributed by atoms with E-state index in [-0.39, 0.29) is 24.6 Å². The third kappa shape index (κ3) is 10.8. The molecule has 0 aromatic heterocycles. The zero-order valence-corrected chi connectivity index (χ0v) is 12.3. The monoisotopic (exact) mass is 282 g/mol. The SMILES string of the molecule is CCCC(F)(F)CCCSCC(=O)OCC(C)C. The molecule has 108 valence electrons. The standard InChI is InChI=1S/C13H24F2O2S/c1-4-6-13(14,15)7-5-8-18-10-12(16)17-9-11(2)3/h11H,4-10H2,1-3H3. The van der Waals surface area contributed by atoms with Crippen molar-refractivity contribution >= 4 is 17.7 Å². The molecule has 0 aromatic carbocycles. The van der Waals surface area contributed by atoms with E-state index in [0.717, 1.165) is 0 Å². The van der Waals surface area contributed by atoms with Crippen LogP contribution in [0.1, 0.15) is 46.5 Å². The number of halogens is 2. The molecule has 0 aliphatic carbocycles. The molecule has 0 saturated heterocycles. The lowest BCUT2D eigenvalue weighted by molar-refractivity contribution is -0.141. The van der Waals surface area contributed by atoms with Gasteiger partial charge in [-0.1, -0.05) is 27.2 Å². The van der Waals surface area contributed by atoms with Crippen molar-refractivity contribution in [1.29, 1.82) is 0 Å². The topological polar surface area (TPSA) is 26.3 Å². The maximum atomic E-state index is 13.1. The van der Waals surface area contributed by atoms with Crippen molar-refractivity contribution < 1.29 is 18.3 Å². The Bertz CT molecular complexity index is 233. The predicted octanol–water partition coefficient (Wildman–Crippen LogP) is 4.13. The van der Waals surface area contributed by atoms with Crippen molar-refractivity contribution in [3.8, 4) is 0 Å². The van der Waals surface area contributed by atoms with Crippen LogP contribution in [0, 0.1) is 5.92 Å². The van der Waals surface area contributed by atoms with Crippen molar-refractivity contribution in [3.63, 3.8) is 0 Å². The molecule has 0 atom stereocenters. The Kier molecular flexibility index (Phi) is 9.42. The van der Waals surface area contributed by atoms with Gasteiger partial charge in [0.2, 0.25) is 5.92 Å². The van der Waals surface area contributed by atoms with Crippen LogP contribution in [0.3, 0.4) is 0 Å². The van der Waals surface area contributed by atoms with Gasteiger partial charge < -0.3 is 4.74 Å². The van der Waals surface area contributed by atoms with Crippen LogP contribution in [-0.4, -0.2) is 30.0 Å². The highest BCUT2D eigenvalue weighted by atomic mass is 32.2. The maximum Gasteiger partial charge on any atom is 0.315 e. The summed E-state index contributed by atoms with van der Waals surface area (Å²) in [6.45, 7) is 6.12. The lowest BCUT2D eigenvalue weighted by Crippen LogP contribution is -2.16. The number of alkyl halides is 2. The third-order valence-corrected chi connectivity index (χ3v) is 3.26. The molecular formula is C13H24F2O2S. The smallest absolute Gasteiger partial charge is 0.315 e. The van der Waals surface area contributed by atoms with Gasteiger partial charge in [0, 0.05) is 12.8 Å². The molecular weight excluding hydrogens is 258 g/mol. The van der Waals surface area contributed by atoms with Crippen LogP contribution in [0.25, 0.3) is 0 Å². The summed E-state index contributed by atoms with van der Waals surface area (Å²) in [5.41, 5.74) is 0. The fourth-order valence-corrected chi connectivity index (χ4v) is 2.12. The molecule has 0 N–H and O–H groups in total. The minimum Gasteiger partial charge on any atom is -0.465 e. The zero-order valence-electron chi connectivity index (χ0n) is 11.5. The molecule has 0 aromatic rings. The van der Waals surface area contributed by atoms with Crippen molar-refractivity contribution in [2.45, 2.75) is 52.4 Å². The van der Waals surface area contributed by atoms with Crippen LogP contribution in [0.5, 0.6) is 0 Å². The molecule has 0 amide bonds. The molecule has 0 unspecified atom stereocenters. The van der Waals surface area contributed by atoms with Crippen molar-refractivity contribution in [3.05, 3.63) is 0 Å². The van der Waals surface area contributed by atoms with Crippen LogP contribution >= 0.6 is 11.8 Å². The second-order valence-corrected chi connectivity index (χ2v) is 5.94. The van der Waals surface area contributed by atoms with Gasteiger partial charge in [0.25, 0.3) is 0 Å². The molecule has 0 rings (SSSR count). The normalized spacial score (nSPS) is 11.9. The molecule has 0 aliphatic heterocycles. The van der Waals surface area contributed by atoms with Gasteiger partial charge in [-0.25, -0.2) is 8.78 Å². The molecule has 0 saturated carbocycles. The van der Waals surface area contributed by atoms with Gasteiger partial charge in [0.15, 0.2) is 0 Å². The lowest BCUT2D eigenvalue weighted by Gasteiger charge is -2.14. The largest absolute Gasteiger partial charge is 0.465 e. The Morgan fingerprint density at radius 2 is 2.00 bits per heavy atom. The first-order valence-corrected chi connectivity index (χ1v) is 7.64.